The standard InChI is InChI=1S/C16H14N2O3S/c19-8-7-18-15(20)10-13(16(18)21)17-12-5-3-11(4-6-12)14-2-1-9-22-14/h1-6,9-10,17,19H,7-8H2. The van der Waals surface area contributed by atoms with Crippen LogP contribution in [0.1, 0.15) is 0 Å². The van der Waals surface area contributed by atoms with Crippen LogP contribution in [0.3, 0.4) is 0 Å². The van der Waals surface area contributed by atoms with Crippen LogP contribution in [0.25, 0.3) is 10.4 Å². The van der Waals surface area contributed by atoms with E-state index in [4.69, 9.17) is 5.11 Å². The zero-order chi connectivity index (χ0) is 15.5. The minimum Gasteiger partial charge on any atom is -0.395 e. The number of thiophene rings is 1. The van der Waals surface area contributed by atoms with Gasteiger partial charge in [-0.25, -0.2) is 0 Å². The highest BCUT2D eigenvalue weighted by molar-refractivity contribution is 7.13. The van der Waals surface area contributed by atoms with Crippen LogP contribution in [0.15, 0.2) is 53.6 Å². The quantitative estimate of drug-likeness (QED) is 0.829. The van der Waals surface area contributed by atoms with E-state index in [0.29, 0.717) is 0 Å². The molecule has 0 fully saturated rings. The molecule has 1 aromatic carbocycles. The van der Waals surface area contributed by atoms with E-state index >= 15 is 0 Å². The number of nitrogens with one attached hydrogen (secondary N) is 1. The normalized spacial score (nSPS) is 14.4. The Morgan fingerprint density at radius 3 is 2.55 bits per heavy atom. The second-order valence-electron chi connectivity index (χ2n) is 4.76. The average Bonchev–Trinajstić information content (AvgIpc) is 3.13. The number of rotatable bonds is 5. The number of β-amino-alcohol motifs (C(OH)–C–C–N with tert-alkyl or cyclic N) is 1. The number of imide groups is 1. The highest BCUT2D eigenvalue weighted by atomic mass is 32.1. The molecule has 2 amide bonds. The summed E-state index contributed by atoms with van der Waals surface area (Å²) in [6.45, 7) is -0.231. The molecule has 0 bridgehead atoms. The molecular formula is C16H14N2O3S. The molecule has 22 heavy (non-hydrogen) atoms. The van der Waals surface area contributed by atoms with Crippen LogP contribution in [0, 0.1) is 0 Å². The van der Waals surface area contributed by atoms with Gasteiger partial charge in [0.05, 0.1) is 13.2 Å². The third-order valence-electron chi connectivity index (χ3n) is 3.30. The van der Waals surface area contributed by atoms with E-state index in [0.717, 1.165) is 16.2 Å². The highest BCUT2D eigenvalue weighted by Gasteiger charge is 2.30. The zero-order valence-electron chi connectivity index (χ0n) is 11.7. The maximum atomic E-state index is 12.0. The van der Waals surface area contributed by atoms with Crippen molar-refractivity contribution in [3.63, 3.8) is 0 Å². The van der Waals surface area contributed by atoms with E-state index < -0.39 is 11.8 Å². The molecule has 0 unspecified atom stereocenters. The summed E-state index contributed by atoms with van der Waals surface area (Å²) in [6, 6.07) is 11.7. The van der Waals surface area contributed by atoms with Gasteiger partial charge in [-0.05, 0) is 29.1 Å². The third-order valence-corrected chi connectivity index (χ3v) is 4.22. The molecule has 5 nitrogen and oxygen atoms in total. The number of hydrogen-bond acceptors (Lipinski definition) is 5. The number of aliphatic hydroxyl groups excluding tert-OH is 1. The summed E-state index contributed by atoms with van der Waals surface area (Å²) in [5, 5.41) is 13.8. The molecule has 0 saturated carbocycles. The van der Waals surface area contributed by atoms with Gasteiger partial charge in [0.15, 0.2) is 0 Å². The summed E-state index contributed by atoms with van der Waals surface area (Å²) in [4.78, 5) is 25.9. The highest BCUT2D eigenvalue weighted by Crippen LogP contribution is 2.26. The van der Waals surface area contributed by atoms with Crippen molar-refractivity contribution in [2.45, 2.75) is 0 Å². The first-order valence-electron chi connectivity index (χ1n) is 6.78. The van der Waals surface area contributed by atoms with Gasteiger partial charge in [0.25, 0.3) is 11.8 Å². The smallest absolute Gasteiger partial charge is 0.277 e. The summed E-state index contributed by atoms with van der Waals surface area (Å²) in [5.41, 5.74) is 2.06. The molecule has 6 heteroatoms. The SMILES string of the molecule is O=C1C=C(Nc2ccc(-c3cccs3)cc2)C(=O)N1CCO. The summed E-state index contributed by atoms with van der Waals surface area (Å²) in [7, 11) is 0. The molecule has 0 radical (unpaired) electrons. The lowest BCUT2D eigenvalue weighted by Gasteiger charge is -2.13. The van der Waals surface area contributed by atoms with Gasteiger partial charge in [-0.1, -0.05) is 18.2 Å². The summed E-state index contributed by atoms with van der Waals surface area (Å²) in [5.74, 6) is -0.821. The molecule has 0 aliphatic carbocycles. The fourth-order valence-electron chi connectivity index (χ4n) is 2.23. The predicted molar refractivity (Wildman–Crippen MR) is 85.3 cm³/mol. The minimum atomic E-state index is -0.415. The van der Waals surface area contributed by atoms with Crippen molar-refractivity contribution >= 4 is 28.8 Å². The van der Waals surface area contributed by atoms with Crippen molar-refractivity contribution < 1.29 is 14.7 Å². The Hall–Kier alpha value is -2.44. The van der Waals surface area contributed by atoms with Gasteiger partial charge in [-0.15, -0.1) is 11.3 Å². The van der Waals surface area contributed by atoms with Gasteiger partial charge >= 0.3 is 0 Å². The van der Waals surface area contributed by atoms with Crippen molar-refractivity contribution in [2.24, 2.45) is 0 Å². The van der Waals surface area contributed by atoms with E-state index in [-0.39, 0.29) is 18.8 Å². The molecule has 2 heterocycles. The summed E-state index contributed by atoms with van der Waals surface area (Å²) in [6.07, 6.45) is 1.26. The number of carbonyl (C=O) groups excluding carboxylic acids is 2. The number of anilines is 1. The van der Waals surface area contributed by atoms with E-state index in [1.165, 1.54) is 11.0 Å². The summed E-state index contributed by atoms with van der Waals surface area (Å²) < 4.78 is 0. The van der Waals surface area contributed by atoms with Crippen molar-refractivity contribution in [1.29, 1.82) is 0 Å². The molecule has 1 aliphatic heterocycles. The monoisotopic (exact) mass is 314 g/mol. The van der Waals surface area contributed by atoms with E-state index in [1.807, 2.05) is 41.8 Å². The first-order valence-corrected chi connectivity index (χ1v) is 7.66. The second-order valence-corrected chi connectivity index (χ2v) is 5.70. The maximum absolute atomic E-state index is 12.0. The Balaban J connectivity index is 1.73. The van der Waals surface area contributed by atoms with Gasteiger partial charge in [0.2, 0.25) is 0 Å². The number of aliphatic hydroxyl groups is 1. The Kier molecular flexibility index (Phi) is 4.04. The van der Waals surface area contributed by atoms with Crippen LogP contribution in [0.4, 0.5) is 5.69 Å². The number of hydrogen-bond donors (Lipinski definition) is 2. The Morgan fingerprint density at radius 2 is 1.91 bits per heavy atom. The van der Waals surface area contributed by atoms with Crippen LogP contribution in [-0.2, 0) is 9.59 Å². The number of carbonyl (C=O) groups is 2. The molecule has 2 aromatic rings. The Labute approximate surface area is 131 Å². The van der Waals surface area contributed by atoms with Gasteiger partial charge in [-0.3, -0.25) is 14.5 Å². The Morgan fingerprint density at radius 1 is 1.14 bits per heavy atom. The molecule has 0 atom stereocenters. The molecule has 1 aliphatic rings. The topological polar surface area (TPSA) is 69.6 Å². The zero-order valence-corrected chi connectivity index (χ0v) is 12.5. The predicted octanol–water partition coefficient (Wildman–Crippen LogP) is 2.07. The molecule has 2 N–H and O–H groups in total. The second kappa shape index (κ2) is 6.13. The first-order chi connectivity index (χ1) is 10.7. The van der Waals surface area contributed by atoms with Gasteiger partial charge in [-0.2, -0.15) is 0 Å². The lowest BCUT2D eigenvalue weighted by molar-refractivity contribution is -0.137. The van der Waals surface area contributed by atoms with E-state index in [2.05, 4.69) is 5.32 Å². The molecule has 0 spiro atoms. The van der Waals surface area contributed by atoms with Crippen molar-refractivity contribution in [2.75, 3.05) is 18.5 Å². The molecule has 0 saturated heterocycles. The van der Waals surface area contributed by atoms with Crippen molar-refractivity contribution in [3.8, 4) is 10.4 Å². The fraction of sp³-hybridized carbons (Fsp3) is 0.125. The fourth-order valence-corrected chi connectivity index (χ4v) is 2.96. The van der Waals surface area contributed by atoms with Crippen LogP contribution in [0.2, 0.25) is 0 Å². The first kappa shape index (κ1) is 14.5. The number of nitrogens with zero attached hydrogens (tertiary/aromatic N) is 1. The van der Waals surface area contributed by atoms with Crippen LogP contribution in [0.5, 0.6) is 0 Å². The lowest BCUT2D eigenvalue weighted by atomic mass is 10.1. The molecular weight excluding hydrogens is 300 g/mol. The van der Waals surface area contributed by atoms with Gasteiger partial charge < -0.3 is 10.4 Å². The molecule has 3 rings (SSSR count). The van der Waals surface area contributed by atoms with Crippen LogP contribution >= 0.6 is 11.3 Å². The lowest BCUT2D eigenvalue weighted by Crippen LogP contribution is -2.34. The third kappa shape index (κ3) is 2.79. The van der Waals surface area contributed by atoms with Crippen LogP contribution in [-0.4, -0.2) is 35.0 Å². The van der Waals surface area contributed by atoms with Gasteiger partial charge in [0.1, 0.15) is 5.70 Å². The minimum absolute atomic E-state index is 0.0106. The van der Waals surface area contributed by atoms with Crippen LogP contribution < -0.4 is 5.32 Å². The number of benzene rings is 1. The van der Waals surface area contributed by atoms with Gasteiger partial charge in [0, 0.05) is 16.6 Å². The Bertz CT molecular complexity index is 720. The van der Waals surface area contributed by atoms with E-state index in [9.17, 15) is 9.59 Å². The maximum Gasteiger partial charge on any atom is 0.277 e. The summed E-state index contributed by atoms with van der Waals surface area (Å²) >= 11 is 1.66. The largest absolute Gasteiger partial charge is 0.395 e. The van der Waals surface area contributed by atoms with E-state index in [1.54, 1.807) is 11.3 Å². The average molecular weight is 314 g/mol. The molecule has 1 aromatic heterocycles. The number of amides is 2. The van der Waals surface area contributed by atoms with Crippen molar-refractivity contribution in [3.05, 3.63) is 53.6 Å². The molecule has 112 valence electrons. The van der Waals surface area contributed by atoms with Crippen molar-refractivity contribution in [1.82, 2.24) is 4.90 Å².